The topological polar surface area (TPSA) is 65.4 Å². The van der Waals surface area contributed by atoms with Gasteiger partial charge in [0.05, 0.1) is 23.3 Å². The molecule has 0 saturated carbocycles. The van der Waals surface area contributed by atoms with Crippen LogP contribution in [0.5, 0.6) is 0 Å². The van der Waals surface area contributed by atoms with E-state index in [-0.39, 0.29) is 46.4 Å². The Hall–Kier alpha value is -8.56. The van der Waals surface area contributed by atoms with Gasteiger partial charge in [0.25, 0.3) is 0 Å². The van der Waals surface area contributed by atoms with Gasteiger partial charge in [-0.05, 0) is 58.4 Å². The zero-order valence-corrected chi connectivity index (χ0v) is 39.2. The molecule has 0 radical (unpaired) electrons. The van der Waals surface area contributed by atoms with Crippen molar-refractivity contribution in [3.63, 3.8) is 0 Å². The first-order chi connectivity index (χ1) is 34.6. The lowest BCUT2D eigenvalue weighted by atomic mass is 10.2. The first kappa shape index (κ1) is 54.8. The molecule has 3 aromatic heterocycles. The van der Waals surface area contributed by atoms with E-state index in [1.165, 1.54) is 33.4 Å². The van der Waals surface area contributed by atoms with Crippen LogP contribution in [-0.2, 0) is 18.5 Å². The van der Waals surface area contributed by atoms with Crippen molar-refractivity contribution >= 4 is 33.0 Å². The van der Waals surface area contributed by atoms with Gasteiger partial charge in [-0.2, -0.15) is 39.5 Å². The van der Waals surface area contributed by atoms with Crippen LogP contribution in [0.4, 0.5) is 65.4 Å². The molecule has 0 atom stereocenters. The van der Waals surface area contributed by atoms with Gasteiger partial charge in [0.1, 0.15) is 29.1 Å². The average Bonchev–Trinajstić information content (AvgIpc) is 4.15. The third-order valence-electron chi connectivity index (χ3n) is 10.4. The Labute approximate surface area is 424 Å². The number of nitrogens with zero attached hydrogens (tertiary/aromatic N) is 9. The number of benzene rings is 6. The summed E-state index contributed by atoms with van der Waals surface area (Å²) >= 11 is 3.02. The molecule has 0 bridgehead atoms. The van der Waals surface area contributed by atoms with E-state index >= 15 is 0 Å². The van der Waals surface area contributed by atoms with E-state index in [9.17, 15) is 48.3 Å². The van der Waals surface area contributed by atoms with Crippen LogP contribution in [0.15, 0.2) is 169 Å². The van der Waals surface area contributed by atoms with Crippen LogP contribution in [0.2, 0.25) is 0 Å². The van der Waals surface area contributed by atoms with Gasteiger partial charge < -0.3 is 4.90 Å². The number of alkyl halides is 9. The summed E-state index contributed by atoms with van der Waals surface area (Å²) in [7, 11) is 3.56. The Morgan fingerprint density at radius 3 is 1.09 bits per heavy atom. The van der Waals surface area contributed by atoms with E-state index < -0.39 is 47.2 Å². The van der Waals surface area contributed by atoms with Crippen molar-refractivity contribution in [3.8, 4) is 51.2 Å². The highest BCUT2D eigenvalue weighted by Gasteiger charge is 2.37. The predicted molar refractivity (Wildman–Crippen MR) is 263 cm³/mol. The number of hydrogen-bond donors (Lipinski definition) is 0. The zero-order chi connectivity index (χ0) is 52.8. The molecule has 0 aliphatic rings. The molecule has 9 nitrogen and oxygen atoms in total. The summed E-state index contributed by atoms with van der Waals surface area (Å²) in [5.41, 5.74) is 0.244. The lowest BCUT2D eigenvalue weighted by Crippen LogP contribution is -2.09. The number of halogens is 12. The van der Waals surface area contributed by atoms with Crippen molar-refractivity contribution in [1.82, 2.24) is 28.7 Å². The highest BCUT2D eigenvalue weighted by Crippen LogP contribution is 2.37. The van der Waals surface area contributed by atoms with Gasteiger partial charge in [-0.25, -0.2) is 33.4 Å². The molecule has 0 spiro atoms. The van der Waals surface area contributed by atoms with Crippen molar-refractivity contribution in [2.24, 2.45) is 0 Å². The highest BCUT2D eigenvalue weighted by molar-refractivity contribution is 9.10. The smallest absolute Gasteiger partial charge is 0.386 e. The number of hydrogen-bond acceptors (Lipinski definition) is 4. The van der Waals surface area contributed by atoms with Gasteiger partial charge in [-0.15, -0.1) is 0 Å². The maximum Gasteiger partial charge on any atom is 0.434 e. The van der Waals surface area contributed by atoms with Crippen LogP contribution in [0.25, 0.3) is 60.9 Å². The number of aromatic nitrogens is 6. The third kappa shape index (κ3) is 12.5. The molecule has 21 heteroatoms. The van der Waals surface area contributed by atoms with Crippen molar-refractivity contribution in [3.05, 3.63) is 220 Å². The van der Waals surface area contributed by atoms with Crippen molar-refractivity contribution < 1.29 is 48.3 Å². The average molecular weight is 1090 g/mol. The predicted octanol–water partition coefficient (Wildman–Crippen LogP) is 16.5. The Kier molecular flexibility index (Phi) is 16.6. The molecule has 0 aliphatic carbocycles. The molecule has 74 heavy (non-hydrogen) atoms. The Bertz CT molecular complexity index is 3460. The lowest BCUT2D eigenvalue weighted by molar-refractivity contribution is -0.141. The van der Waals surface area contributed by atoms with Gasteiger partial charge >= 0.3 is 18.5 Å². The molecule has 378 valence electrons. The fourth-order valence-corrected chi connectivity index (χ4v) is 7.25. The number of rotatable bonds is 7. The molecule has 0 N–H and O–H groups in total. The largest absolute Gasteiger partial charge is 0.434 e. The molecule has 9 rings (SSSR count). The first-order valence-corrected chi connectivity index (χ1v) is 21.8. The van der Waals surface area contributed by atoms with Crippen molar-refractivity contribution in [1.29, 1.82) is 0 Å². The van der Waals surface area contributed by atoms with Crippen LogP contribution in [0.3, 0.4) is 0 Å². The van der Waals surface area contributed by atoms with Gasteiger partial charge in [0, 0.05) is 66.4 Å². The molecule has 6 aromatic carbocycles. The number of imidazole rings is 3. The summed E-state index contributed by atoms with van der Waals surface area (Å²) < 4.78 is 149. The summed E-state index contributed by atoms with van der Waals surface area (Å²) in [4.78, 5) is 19.4. The van der Waals surface area contributed by atoms with Crippen molar-refractivity contribution in [2.45, 2.75) is 26.0 Å². The van der Waals surface area contributed by atoms with Gasteiger partial charge in [0.15, 0.2) is 17.1 Å². The Morgan fingerprint density at radius 2 is 0.784 bits per heavy atom. The van der Waals surface area contributed by atoms with Crippen molar-refractivity contribution in [2.75, 3.05) is 19.0 Å². The van der Waals surface area contributed by atoms with E-state index in [0.29, 0.717) is 33.8 Å². The minimum Gasteiger partial charge on any atom is -0.386 e. The van der Waals surface area contributed by atoms with Gasteiger partial charge in [-0.1, -0.05) is 111 Å². The standard InChI is InChI=1S/C19H15F3N4.C17H9F4N3.C16H9BrF4N2.CH4/c1-23-15-10-9-14(11-16(15)25(2)3)26-12-17(19(20,21)22)24-18(26)13-7-5-4-6-8-13;1-22-14-8-7-12(9-13(14)18)24-10-15(17(19,20)21)23-16(24)11-5-3-2-4-6-11;17-12-7-6-11(8-13(12)18)23-9-14(16(19,20)21)22-15(23)10-4-2-1-3-5-10;/h4-12H,2-3H3;2-10H;1-9H;1H4. The zero-order valence-electron chi connectivity index (χ0n) is 37.6. The third-order valence-corrected chi connectivity index (χ3v) is 11.1. The maximum atomic E-state index is 13.8. The van der Waals surface area contributed by atoms with Gasteiger partial charge in [-0.3, -0.25) is 13.7 Å². The second-order valence-corrected chi connectivity index (χ2v) is 16.4. The van der Waals surface area contributed by atoms with Crippen LogP contribution >= 0.6 is 15.9 Å². The molecule has 0 aliphatic heterocycles. The fraction of sp³-hybridized carbons (Fsp3) is 0.113. The van der Waals surface area contributed by atoms with Crippen LogP contribution < -0.4 is 4.90 Å². The Balaban J connectivity index is 0.000000180. The summed E-state index contributed by atoms with van der Waals surface area (Å²) in [5.74, 6) is -1.04. The monoisotopic (exact) mass is 1090 g/mol. The Morgan fingerprint density at radius 1 is 0.459 bits per heavy atom. The second kappa shape index (κ2) is 22.5. The molecule has 0 fully saturated rings. The van der Waals surface area contributed by atoms with E-state index in [4.69, 9.17) is 13.1 Å². The van der Waals surface area contributed by atoms with Crippen LogP contribution in [0.1, 0.15) is 24.5 Å². The number of anilines is 1. The fourth-order valence-electron chi connectivity index (χ4n) is 7.00. The van der Waals surface area contributed by atoms with E-state index in [1.54, 1.807) is 128 Å². The highest BCUT2D eigenvalue weighted by atomic mass is 79.9. The second-order valence-electron chi connectivity index (χ2n) is 15.6. The lowest BCUT2D eigenvalue weighted by Gasteiger charge is -2.17. The quantitative estimate of drug-likeness (QED) is 0.118. The van der Waals surface area contributed by atoms with Crippen LogP contribution in [0, 0.1) is 24.8 Å². The summed E-state index contributed by atoms with van der Waals surface area (Å²) in [6, 6.07) is 38.1. The normalized spacial score (nSPS) is 11.2. The van der Waals surface area contributed by atoms with Gasteiger partial charge in [0.2, 0.25) is 11.4 Å². The molecular weight excluding hydrogens is 1050 g/mol. The minimum absolute atomic E-state index is 0. The van der Waals surface area contributed by atoms with E-state index in [1.807, 2.05) is 0 Å². The SMILES string of the molecule is C.Fc1cc(-n2cc(C(F)(F)F)nc2-c2ccccc2)ccc1Br.[C-]#[N+]c1ccc(-n2cc(C(F)(F)F)nc2-c2ccccc2)cc1F.[C-]#[N+]c1ccc(-n2cc(C(F)(F)F)nc2-c2ccccc2)cc1N(C)C. The first-order valence-electron chi connectivity index (χ1n) is 21.1. The van der Waals surface area contributed by atoms with Crippen LogP contribution in [-0.4, -0.2) is 42.7 Å². The molecule has 0 amide bonds. The molecule has 0 unspecified atom stereocenters. The summed E-state index contributed by atoms with van der Waals surface area (Å²) in [6.07, 6.45) is -11.1. The molecule has 3 heterocycles. The summed E-state index contributed by atoms with van der Waals surface area (Å²) in [5, 5.41) is 0. The van der Waals surface area contributed by atoms with E-state index in [2.05, 4.69) is 40.6 Å². The summed E-state index contributed by atoms with van der Waals surface area (Å²) in [6.45, 7) is 14.1. The van der Waals surface area contributed by atoms with E-state index in [0.717, 1.165) is 35.3 Å². The minimum atomic E-state index is -4.62. The maximum absolute atomic E-state index is 13.8. The molecule has 0 saturated heterocycles. The molecule has 9 aromatic rings. The molecular formula is C53H37BrF11N9.